The van der Waals surface area contributed by atoms with Crippen molar-refractivity contribution in [3.8, 4) is 11.3 Å². The summed E-state index contributed by atoms with van der Waals surface area (Å²) in [5.41, 5.74) is 1.40. The lowest BCUT2D eigenvalue weighted by atomic mass is 10.0. The SMILES string of the molecule is C=CN(c1nc(NCCCN(CC)CC)nc(-c2ccc(C(=O)O)cc2)c1/C=C\C)c1c(F)cccc1F.CC. The molecular formula is C31H39F2N5O2. The zero-order valence-electron chi connectivity index (χ0n) is 23.9. The predicted molar refractivity (Wildman–Crippen MR) is 160 cm³/mol. The third kappa shape index (κ3) is 7.95. The summed E-state index contributed by atoms with van der Waals surface area (Å²) in [5, 5.41) is 12.6. The molecule has 1 aromatic heterocycles. The molecule has 3 aromatic rings. The van der Waals surface area contributed by atoms with Crippen molar-refractivity contribution in [2.45, 2.75) is 41.0 Å². The lowest BCUT2D eigenvalue weighted by Gasteiger charge is -2.24. The van der Waals surface area contributed by atoms with Gasteiger partial charge >= 0.3 is 5.97 Å². The first kappa shape index (κ1) is 32.1. The first-order chi connectivity index (χ1) is 19.3. The number of halogens is 2. The van der Waals surface area contributed by atoms with Gasteiger partial charge in [0.2, 0.25) is 5.95 Å². The number of allylic oxidation sites excluding steroid dienone is 1. The van der Waals surface area contributed by atoms with E-state index in [1.165, 1.54) is 41.4 Å². The summed E-state index contributed by atoms with van der Waals surface area (Å²) >= 11 is 0. The van der Waals surface area contributed by atoms with Gasteiger partial charge in [0.25, 0.3) is 0 Å². The van der Waals surface area contributed by atoms with Crippen LogP contribution in [0.3, 0.4) is 0 Å². The molecule has 0 atom stereocenters. The van der Waals surface area contributed by atoms with E-state index >= 15 is 0 Å². The monoisotopic (exact) mass is 551 g/mol. The van der Waals surface area contributed by atoms with Crippen LogP contribution in [0.15, 0.2) is 61.3 Å². The third-order valence-electron chi connectivity index (χ3n) is 6.08. The lowest BCUT2D eigenvalue weighted by Crippen LogP contribution is -2.25. The minimum atomic E-state index is -1.04. The fourth-order valence-electron chi connectivity index (χ4n) is 4.08. The number of nitrogens with zero attached hydrogens (tertiary/aromatic N) is 4. The molecule has 0 amide bonds. The molecule has 0 aliphatic carbocycles. The molecule has 2 N–H and O–H groups in total. The maximum absolute atomic E-state index is 14.9. The van der Waals surface area contributed by atoms with Crippen LogP contribution in [-0.2, 0) is 0 Å². The van der Waals surface area contributed by atoms with Crippen LogP contribution in [0.2, 0.25) is 0 Å². The van der Waals surface area contributed by atoms with E-state index < -0.39 is 17.6 Å². The summed E-state index contributed by atoms with van der Waals surface area (Å²) in [6, 6.07) is 9.90. The second kappa shape index (κ2) is 16.1. The number of hydrogen-bond acceptors (Lipinski definition) is 6. The Morgan fingerprint density at radius 1 is 1.05 bits per heavy atom. The standard InChI is InChI=1S/C29H33F2N5O2.C2H6/c1-5-11-22-25(20-14-16-21(17-15-20)28(37)38)33-29(32-18-10-19-35(6-2)7-3)34-27(22)36(8-4)26-23(30)12-9-13-24(26)31;1-2/h5,8-9,11-17H,4,6-7,10,18-19H2,1-3H3,(H,37,38)(H,32,33,34);1-2H3/b11-5-;. The molecule has 0 saturated heterocycles. The molecule has 0 spiro atoms. The normalized spacial score (nSPS) is 10.8. The molecule has 0 fully saturated rings. The fraction of sp³-hybridized carbons (Fsp3) is 0.323. The number of hydrogen-bond donors (Lipinski definition) is 2. The Kier molecular flexibility index (Phi) is 12.9. The number of carboxylic acids is 1. The predicted octanol–water partition coefficient (Wildman–Crippen LogP) is 7.60. The Labute approximate surface area is 235 Å². The molecule has 3 rings (SSSR count). The summed E-state index contributed by atoms with van der Waals surface area (Å²) in [6.07, 6.45) is 5.66. The summed E-state index contributed by atoms with van der Waals surface area (Å²) in [5.74, 6) is -2.08. The van der Waals surface area contributed by atoms with E-state index in [0.717, 1.165) is 26.1 Å². The van der Waals surface area contributed by atoms with Gasteiger partial charge in [-0.3, -0.25) is 4.90 Å². The van der Waals surface area contributed by atoms with E-state index in [4.69, 9.17) is 4.98 Å². The van der Waals surface area contributed by atoms with Crippen LogP contribution in [0.1, 0.15) is 57.0 Å². The third-order valence-corrected chi connectivity index (χ3v) is 6.08. The molecule has 0 unspecified atom stereocenters. The van der Waals surface area contributed by atoms with Gasteiger partial charge in [0.15, 0.2) is 5.82 Å². The fourth-order valence-corrected chi connectivity index (χ4v) is 4.08. The van der Waals surface area contributed by atoms with Crippen LogP contribution in [0.4, 0.5) is 26.2 Å². The highest BCUT2D eigenvalue weighted by molar-refractivity contribution is 5.89. The maximum Gasteiger partial charge on any atom is 0.335 e. The number of rotatable bonds is 13. The molecule has 0 bridgehead atoms. The molecule has 7 nitrogen and oxygen atoms in total. The van der Waals surface area contributed by atoms with E-state index in [2.05, 4.69) is 35.6 Å². The van der Waals surface area contributed by atoms with Gasteiger partial charge in [-0.25, -0.2) is 18.6 Å². The minimum Gasteiger partial charge on any atom is -0.478 e. The molecule has 40 heavy (non-hydrogen) atoms. The molecular weight excluding hydrogens is 512 g/mol. The number of benzene rings is 2. The van der Waals surface area contributed by atoms with Crippen molar-refractivity contribution < 1.29 is 18.7 Å². The number of carboxylic acid groups (broad SMARTS) is 1. The summed E-state index contributed by atoms with van der Waals surface area (Å²) in [4.78, 5) is 24.3. The van der Waals surface area contributed by atoms with Gasteiger partial charge in [-0.1, -0.05) is 64.6 Å². The Balaban J connectivity index is 0.00000274. The molecule has 2 aromatic carbocycles. The molecule has 1 heterocycles. The van der Waals surface area contributed by atoms with Crippen molar-refractivity contribution >= 4 is 29.5 Å². The molecule has 9 heteroatoms. The van der Waals surface area contributed by atoms with Crippen LogP contribution < -0.4 is 10.2 Å². The highest BCUT2D eigenvalue weighted by atomic mass is 19.1. The first-order valence-electron chi connectivity index (χ1n) is 13.5. The second-order valence-corrected chi connectivity index (χ2v) is 8.45. The molecule has 0 aliphatic heterocycles. The van der Waals surface area contributed by atoms with Crippen molar-refractivity contribution in [1.82, 2.24) is 14.9 Å². The van der Waals surface area contributed by atoms with Crippen LogP contribution in [0.5, 0.6) is 0 Å². The molecule has 0 saturated carbocycles. The van der Waals surface area contributed by atoms with Gasteiger partial charge in [-0.2, -0.15) is 4.98 Å². The summed E-state index contributed by atoms with van der Waals surface area (Å²) in [7, 11) is 0. The molecule has 0 aliphatic rings. The average molecular weight is 552 g/mol. The van der Waals surface area contributed by atoms with E-state index in [1.807, 2.05) is 20.8 Å². The summed E-state index contributed by atoms with van der Waals surface area (Å²) < 4.78 is 29.7. The van der Waals surface area contributed by atoms with E-state index in [9.17, 15) is 18.7 Å². The van der Waals surface area contributed by atoms with Crippen molar-refractivity contribution in [1.29, 1.82) is 0 Å². The van der Waals surface area contributed by atoms with Crippen LogP contribution in [0, 0.1) is 11.6 Å². The number of aromatic carboxylic acids is 1. The minimum absolute atomic E-state index is 0.131. The highest BCUT2D eigenvalue weighted by Gasteiger charge is 2.23. The topological polar surface area (TPSA) is 81.6 Å². The van der Waals surface area contributed by atoms with E-state index in [0.29, 0.717) is 23.4 Å². The Morgan fingerprint density at radius 2 is 1.68 bits per heavy atom. The molecule has 0 radical (unpaired) electrons. The zero-order valence-corrected chi connectivity index (χ0v) is 23.9. The average Bonchev–Trinajstić information content (AvgIpc) is 2.97. The number of nitrogens with one attached hydrogen (secondary N) is 1. The van der Waals surface area contributed by atoms with Gasteiger partial charge in [0.1, 0.15) is 17.3 Å². The van der Waals surface area contributed by atoms with Crippen molar-refractivity contribution in [3.63, 3.8) is 0 Å². The smallest absolute Gasteiger partial charge is 0.335 e. The van der Waals surface area contributed by atoms with Gasteiger partial charge in [-0.15, -0.1) is 0 Å². The Morgan fingerprint density at radius 3 is 2.20 bits per heavy atom. The number of anilines is 3. The van der Waals surface area contributed by atoms with Crippen LogP contribution in [0.25, 0.3) is 17.3 Å². The van der Waals surface area contributed by atoms with E-state index in [-0.39, 0.29) is 23.0 Å². The quantitative estimate of drug-likeness (QED) is 0.212. The zero-order chi connectivity index (χ0) is 29.7. The van der Waals surface area contributed by atoms with Crippen LogP contribution in [-0.4, -0.2) is 52.1 Å². The largest absolute Gasteiger partial charge is 0.478 e. The Hall–Kier alpha value is -4.11. The Bertz CT molecular complexity index is 1270. The maximum atomic E-state index is 14.9. The van der Waals surface area contributed by atoms with Crippen molar-refractivity contribution in [3.05, 3.63) is 84.1 Å². The first-order valence-corrected chi connectivity index (χ1v) is 13.5. The van der Waals surface area contributed by atoms with Gasteiger partial charge in [0.05, 0.1) is 11.3 Å². The molecule has 214 valence electrons. The lowest BCUT2D eigenvalue weighted by molar-refractivity contribution is 0.0697. The second-order valence-electron chi connectivity index (χ2n) is 8.45. The van der Waals surface area contributed by atoms with Crippen molar-refractivity contribution in [2.24, 2.45) is 0 Å². The number of para-hydroxylation sites is 1. The van der Waals surface area contributed by atoms with Gasteiger partial charge in [0, 0.05) is 23.9 Å². The number of carbonyl (C=O) groups is 1. The van der Waals surface area contributed by atoms with Gasteiger partial charge in [-0.05, 0) is 57.2 Å². The van der Waals surface area contributed by atoms with Gasteiger partial charge < -0.3 is 15.3 Å². The highest BCUT2D eigenvalue weighted by Crippen LogP contribution is 2.37. The van der Waals surface area contributed by atoms with Crippen LogP contribution >= 0.6 is 0 Å². The summed E-state index contributed by atoms with van der Waals surface area (Å²) in [6.45, 7) is 17.2. The van der Waals surface area contributed by atoms with E-state index in [1.54, 1.807) is 24.3 Å². The number of aromatic nitrogens is 2. The van der Waals surface area contributed by atoms with Crippen molar-refractivity contribution in [2.75, 3.05) is 36.4 Å².